The maximum absolute atomic E-state index is 12.4. The van der Waals surface area contributed by atoms with Gasteiger partial charge in [-0.2, -0.15) is 5.26 Å². The van der Waals surface area contributed by atoms with Gasteiger partial charge < -0.3 is 10.1 Å². The molecule has 0 fully saturated rings. The molecule has 25 heavy (non-hydrogen) atoms. The van der Waals surface area contributed by atoms with E-state index in [0.29, 0.717) is 28.6 Å². The van der Waals surface area contributed by atoms with Gasteiger partial charge in [0.15, 0.2) is 0 Å². The van der Waals surface area contributed by atoms with Gasteiger partial charge in [-0.15, -0.1) is 0 Å². The molecule has 0 aromatic heterocycles. The van der Waals surface area contributed by atoms with Crippen molar-refractivity contribution in [3.05, 3.63) is 63.1 Å². The molecular formula is C19H16BrClN2O2. The molecule has 2 aromatic carbocycles. The Morgan fingerprint density at radius 1 is 1.32 bits per heavy atom. The average Bonchev–Trinajstić information content (AvgIpc) is 2.60. The highest BCUT2D eigenvalue weighted by molar-refractivity contribution is 9.10. The molecule has 2 rings (SSSR count). The van der Waals surface area contributed by atoms with Crippen molar-refractivity contribution >= 4 is 45.2 Å². The summed E-state index contributed by atoms with van der Waals surface area (Å²) in [5.74, 6) is 0.128. The molecule has 0 aliphatic rings. The van der Waals surface area contributed by atoms with E-state index in [1.807, 2.05) is 19.1 Å². The molecule has 0 heterocycles. The van der Waals surface area contributed by atoms with E-state index in [1.165, 1.54) is 6.08 Å². The number of rotatable bonds is 6. The van der Waals surface area contributed by atoms with Crippen molar-refractivity contribution in [2.75, 3.05) is 11.9 Å². The summed E-state index contributed by atoms with van der Waals surface area (Å²) in [6.07, 6.45) is 2.38. The van der Waals surface area contributed by atoms with Crippen molar-refractivity contribution in [3.8, 4) is 11.8 Å². The Balaban J connectivity index is 2.27. The van der Waals surface area contributed by atoms with Gasteiger partial charge in [-0.3, -0.25) is 4.79 Å². The number of carbonyl (C=O) groups excluding carboxylic acids is 1. The van der Waals surface area contributed by atoms with E-state index in [0.717, 1.165) is 10.9 Å². The summed E-state index contributed by atoms with van der Waals surface area (Å²) in [4.78, 5) is 12.4. The smallest absolute Gasteiger partial charge is 0.266 e. The Hall–Kier alpha value is -2.29. The number of hydrogen-bond acceptors (Lipinski definition) is 3. The highest BCUT2D eigenvalue weighted by atomic mass is 79.9. The topological polar surface area (TPSA) is 62.1 Å². The molecule has 0 saturated heterocycles. The summed E-state index contributed by atoms with van der Waals surface area (Å²) in [6.45, 7) is 2.57. The van der Waals surface area contributed by atoms with Crippen molar-refractivity contribution in [1.82, 2.24) is 0 Å². The van der Waals surface area contributed by atoms with Crippen molar-refractivity contribution in [2.45, 2.75) is 13.3 Å². The summed E-state index contributed by atoms with van der Waals surface area (Å²) in [5, 5.41) is 12.6. The second-order valence-corrected chi connectivity index (χ2v) is 6.51. The third-order valence-electron chi connectivity index (χ3n) is 3.20. The zero-order valence-corrected chi connectivity index (χ0v) is 15.9. The second-order valence-electron chi connectivity index (χ2n) is 5.16. The lowest BCUT2D eigenvalue weighted by atomic mass is 10.1. The van der Waals surface area contributed by atoms with Crippen LogP contribution in [0.2, 0.25) is 5.02 Å². The molecule has 0 aliphatic carbocycles. The van der Waals surface area contributed by atoms with Crippen LogP contribution in [-0.4, -0.2) is 12.5 Å². The Labute approximate surface area is 160 Å². The molecule has 1 N–H and O–H groups in total. The first-order chi connectivity index (χ1) is 12.0. The van der Waals surface area contributed by atoms with Gasteiger partial charge in [0.1, 0.15) is 17.4 Å². The highest BCUT2D eigenvalue weighted by Gasteiger charge is 2.12. The van der Waals surface area contributed by atoms with Crippen LogP contribution in [0.15, 0.2) is 52.5 Å². The van der Waals surface area contributed by atoms with Crippen LogP contribution in [0.1, 0.15) is 18.9 Å². The fourth-order valence-electron chi connectivity index (χ4n) is 2.01. The van der Waals surface area contributed by atoms with Crippen molar-refractivity contribution < 1.29 is 9.53 Å². The van der Waals surface area contributed by atoms with Crippen LogP contribution in [0, 0.1) is 11.3 Å². The quantitative estimate of drug-likeness (QED) is 0.501. The second kappa shape index (κ2) is 9.26. The normalized spacial score (nSPS) is 10.9. The van der Waals surface area contributed by atoms with Gasteiger partial charge in [-0.05, 0) is 55.0 Å². The molecule has 0 spiro atoms. The van der Waals surface area contributed by atoms with E-state index in [-0.39, 0.29) is 5.57 Å². The Bertz CT molecular complexity index is 826. The third kappa shape index (κ3) is 5.63. The molecular weight excluding hydrogens is 404 g/mol. The van der Waals surface area contributed by atoms with Gasteiger partial charge in [0.2, 0.25) is 0 Å². The van der Waals surface area contributed by atoms with Crippen molar-refractivity contribution in [1.29, 1.82) is 5.26 Å². The predicted molar refractivity (Wildman–Crippen MR) is 104 cm³/mol. The Kier molecular flexibility index (Phi) is 7.05. The minimum atomic E-state index is -0.494. The summed E-state index contributed by atoms with van der Waals surface area (Å²) in [5.41, 5.74) is 1.20. The molecule has 6 heteroatoms. The van der Waals surface area contributed by atoms with Crippen LogP contribution in [0.4, 0.5) is 5.69 Å². The summed E-state index contributed by atoms with van der Waals surface area (Å²) in [6, 6.07) is 14.1. The largest absolute Gasteiger partial charge is 0.493 e. The van der Waals surface area contributed by atoms with E-state index in [2.05, 4.69) is 21.2 Å². The first-order valence-corrected chi connectivity index (χ1v) is 8.81. The van der Waals surface area contributed by atoms with Crippen molar-refractivity contribution in [3.63, 3.8) is 0 Å². The van der Waals surface area contributed by atoms with Crippen LogP contribution in [0.3, 0.4) is 0 Å². The molecule has 4 nitrogen and oxygen atoms in total. The first kappa shape index (κ1) is 19.0. The molecule has 0 atom stereocenters. The predicted octanol–water partition coefficient (Wildman–Crippen LogP) is 5.44. The monoisotopic (exact) mass is 418 g/mol. The fourth-order valence-corrected chi connectivity index (χ4v) is 2.52. The fraction of sp³-hybridized carbons (Fsp3) is 0.158. The molecule has 128 valence electrons. The number of amides is 1. The Morgan fingerprint density at radius 2 is 2.04 bits per heavy atom. The number of halogens is 2. The average molecular weight is 420 g/mol. The van der Waals surface area contributed by atoms with Crippen LogP contribution >= 0.6 is 27.5 Å². The highest BCUT2D eigenvalue weighted by Crippen LogP contribution is 2.26. The lowest BCUT2D eigenvalue weighted by molar-refractivity contribution is -0.112. The molecule has 1 amide bonds. The van der Waals surface area contributed by atoms with Gasteiger partial charge in [0.25, 0.3) is 5.91 Å². The molecule has 0 aliphatic heterocycles. The zero-order valence-electron chi connectivity index (χ0n) is 13.6. The van der Waals surface area contributed by atoms with Crippen molar-refractivity contribution in [2.24, 2.45) is 0 Å². The number of ether oxygens (including phenoxy) is 1. The number of hydrogen-bond donors (Lipinski definition) is 1. The minimum absolute atomic E-state index is 0.0191. The lowest BCUT2D eigenvalue weighted by Gasteiger charge is -2.09. The van der Waals surface area contributed by atoms with Gasteiger partial charge in [-0.1, -0.05) is 34.5 Å². The van der Waals surface area contributed by atoms with Crippen LogP contribution < -0.4 is 10.1 Å². The minimum Gasteiger partial charge on any atom is -0.493 e. The SMILES string of the molecule is CCCOc1ccc(Br)cc1/C=C(\C#N)C(=O)Nc1ccc(Cl)cc1. The van der Waals surface area contributed by atoms with Crippen LogP contribution in [0.5, 0.6) is 5.75 Å². The van der Waals surface area contributed by atoms with Gasteiger partial charge in [-0.25, -0.2) is 0 Å². The first-order valence-electron chi connectivity index (χ1n) is 7.64. The number of anilines is 1. The number of benzene rings is 2. The van der Waals surface area contributed by atoms with E-state index >= 15 is 0 Å². The molecule has 0 unspecified atom stereocenters. The number of nitrogens with one attached hydrogen (secondary N) is 1. The summed E-state index contributed by atoms with van der Waals surface area (Å²) < 4.78 is 6.51. The lowest BCUT2D eigenvalue weighted by Crippen LogP contribution is -2.13. The van der Waals surface area contributed by atoms with E-state index < -0.39 is 5.91 Å². The van der Waals surface area contributed by atoms with Gasteiger partial charge >= 0.3 is 0 Å². The van der Waals surface area contributed by atoms with E-state index in [9.17, 15) is 10.1 Å². The third-order valence-corrected chi connectivity index (χ3v) is 3.95. The molecule has 0 saturated carbocycles. The number of nitriles is 1. The molecule has 0 radical (unpaired) electrons. The zero-order chi connectivity index (χ0) is 18.2. The number of nitrogens with zero attached hydrogens (tertiary/aromatic N) is 1. The van der Waals surface area contributed by atoms with Crippen LogP contribution in [-0.2, 0) is 4.79 Å². The molecule has 2 aromatic rings. The summed E-state index contributed by atoms with van der Waals surface area (Å²) in [7, 11) is 0. The maximum Gasteiger partial charge on any atom is 0.266 e. The van der Waals surface area contributed by atoms with E-state index in [4.69, 9.17) is 16.3 Å². The van der Waals surface area contributed by atoms with Gasteiger partial charge in [0, 0.05) is 20.7 Å². The standard InChI is InChI=1S/C19H16BrClN2O2/c1-2-9-25-18-8-3-15(20)11-13(18)10-14(12-22)19(24)23-17-6-4-16(21)5-7-17/h3-8,10-11H,2,9H2,1H3,(H,23,24)/b14-10+. The Morgan fingerprint density at radius 3 is 2.68 bits per heavy atom. The molecule has 0 bridgehead atoms. The van der Waals surface area contributed by atoms with Gasteiger partial charge in [0.05, 0.1) is 6.61 Å². The van der Waals surface area contributed by atoms with Crippen LogP contribution in [0.25, 0.3) is 6.08 Å². The number of carbonyl (C=O) groups is 1. The maximum atomic E-state index is 12.4. The summed E-state index contributed by atoms with van der Waals surface area (Å²) >= 11 is 9.22. The van der Waals surface area contributed by atoms with E-state index in [1.54, 1.807) is 36.4 Å².